The number of nitrogen functional groups attached to an aromatic ring is 1. The smallest absolute Gasteiger partial charge is 0.240 e. The number of sulfonamides is 1. The molecule has 21 heavy (non-hydrogen) atoms. The third kappa shape index (κ3) is 4.33. The zero-order valence-electron chi connectivity index (χ0n) is 12.3. The molecule has 0 amide bonds. The van der Waals surface area contributed by atoms with Crippen LogP contribution in [0.5, 0.6) is 0 Å². The lowest BCUT2D eigenvalue weighted by atomic mass is 10.1. The molecule has 0 saturated carbocycles. The van der Waals surface area contributed by atoms with E-state index in [4.69, 9.17) is 10.5 Å². The van der Waals surface area contributed by atoms with E-state index in [0.29, 0.717) is 23.8 Å². The first-order valence-corrected chi connectivity index (χ1v) is 8.72. The minimum atomic E-state index is -3.46. The highest BCUT2D eigenvalue weighted by atomic mass is 32.2. The van der Waals surface area contributed by atoms with Gasteiger partial charge in [-0.15, -0.1) is 0 Å². The second kappa shape index (κ2) is 7.11. The van der Waals surface area contributed by atoms with Crippen LogP contribution in [0.15, 0.2) is 23.1 Å². The fourth-order valence-electron chi connectivity index (χ4n) is 2.35. The van der Waals surface area contributed by atoms with Gasteiger partial charge in [0.25, 0.3) is 0 Å². The average molecular weight is 313 g/mol. The van der Waals surface area contributed by atoms with Crippen molar-refractivity contribution in [3.8, 4) is 0 Å². The van der Waals surface area contributed by atoms with Gasteiger partial charge < -0.3 is 15.8 Å². The maximum absolute atomic E-state index is 12.0. The fourth-order valence-corrected chi connectivity index (χ4v) is 3.42. The molecule has 1 heterocycles. The van der Waals surface area contributed by atoms with Crippen molar-refractivity contribution in [3.63, 3.8) is 0 Å². The molecular formula is C14H23N3O3S. The standard InChI is InChI=1S/C14H23N3O3S/c1-2-17-21(18,19)12-3-4-13(15)14(9-12)16-7-5-11-6-8-20-10-11/h3-4,9,11,16-17H,2,5-8,10,15H2,1H3. The number of hydrogen-bond acceptors (Lipinski definition) is 5. The summed E-state index contributed by atoms with van der Waals surface area (Å²) < 4.78 is 31.8. The summed E-state index contributed by atoms with van der Waals surface area (Å²) in [5, 5.41) is 3.22. The second-order valence-electron chi connectivity index (χ2n) is 5.20. The third-order valence-corrected chi connectivity index (χ3v) is 5.10. The summed E-state index contributed by atoms with van der Waals surface area (Å²) in [7, 11) is -3.46. The first-order valence-electron chi connectivity index (χ1n) is 7.23. The molecule has 0 radical (unpaired) electrons. The number of benzene rings is 1. The maximum Gasteiger partial charge on any atom is 0.240 e. The van der Waals surface area contributed by atoms with Crippen LogP contribution in [0.3, 0.4) is 0 Å². The van der Waals surface area contributed by atoms with Gasteiger partial charge in [-0.2, -0.15) is 0 Å². The van der Waals surface area contributed by atoms with Crippen LogP contribution in [0, 0.1) is 5.92 Å². The van der Waals surface area contributed by atoms with Crippen molar-refractivity contribution in [3.05, 3.63) is 18.2 Å². The van der Waals surface area contributed by atoms with E-state index in [1.165, 1.54) is 6.07 Å². The van der Waals surface area contributed by atoms with E-state index in [2.05, 4.69) is 10.0 Å². The van der Waals surface area contributed by atoms with Crippen molar-refractivity contribution in [2.75, 3.05) is 37.4 Å². The molecule has 1 fully saturated rings. The first-order chi connectivity index (χ1) is 10.0. The van der Waals surface area contributed by atoms with Crippen LogP contribution in [0.2, 0.25) is 0 Å². The Balaban J connectivity index is 2.01. The molecule has 1 atom stereocenters. The largest absolute Gasteiger partial charge is 0.397 e. The number of ether oxygens (including phenoxy) is 1. The predicted molar refractivity (Wildman–Crippen MR) is 83.7 cm³/mol. The quantitative estimate of drug-likeness (QED) is 0.662. The van der Waals surface area contributed by atoms with E-state index < -0.39 is 10.0 Å². The maximum atomic E-state index is 12.0. The van der Waals surface area contributed by atoms with Crippen molar-refractivity contribution in [2.24, 2.45) is 5.92 Å². The van der Waals surface area contributed by atoms with Crippen molar-refractivity contribution >= 4 is 21.4 Å². The summed E-state index contributed by atoms with van der Waals surface area (Å²) in [6.45, 7) is 4.51. The number of anilines is 2. The van der Waals surface area contributed by atoms with E-state index in [0.717, 1.165) is 32.6 Å². The number of hydrogen-bond donors (Lipinski definition) is 3. The van der Waals surface area contributed by atoms with Crippen LogP contribution in [0.1, 0.15) is 19.8 Å². The Morgan fingerprint density at radius 2 is 2.24 bits per heavy atom. The van der Waals surface area contributed by atoms with Gasteiger partial charge in [0.1, 0.15) is 0 Å². The number of nitrogens with two attached hydrogens (primary N) is 1. The normalized spacial score (nSPS) is 18.8. The van der Waals surface area contributed by atoms with Crippen LogP contribution in [0.4, 0.5) is 11.4 Å². The highest BCUT2D eigenvalue weighted by molar-refractivity contribution is 7.89. The molecule has 1 aliphatic rings. The van der Waals surface area contributed by atoms with Crippen molar-refractivity contribution in [1.82, 2.24) is 4.72 Å². The summed E-state index contributed by atoms with van der Waals surface area (Å²) in [4.78, 5) is 0.227. The Bertz CT molecular complexity index is 569. The van der Waals surface area contributed by atoms with E-state index in [1.54, 1.807) is 19.1 Å². The molecule has 0 bridgehead atoms. The molecule has 1 unspecified atom stereocenters. The molecule has 1 aromatic carbocycles. The second-order valence-corrected chi connectivity index (χ2v) is 6.96. The van der Waals surface area contributed by atoms with Crippen LogP contribution in [0.25, 0.3) is 0 Å². The molecule has 0 aliphatic carbocycles. The summed E-state index contributed by atoms with van der Waals surface area (Å²) in [6.07, 6.45) is 2.08. The Labute approximate surface area is 126 Å². The molecule has 1 saturated heterocycles. The van der Waals surface area contributed by atoms with Gasteiger partial charge in [-0.3, -0.25) is 0 Å². The summed E-state index contributed by atoms with van der Waals surface area (Å²) in [5.74, 6) is 0.576. The van der Waals surface area contributed by atoms with Crippen molar-refractivity contribution in [1.29, 1.82) is 0 Å². The van der Waals surface area contributed by atoms with E-state index >= 15 is 0 Å². The lowest BCUT2D eigenvalue weighted by molar-refractivity contribution is 0.185. The minimum absolute atomic E-state index is 0.227. The van der Waals surface area contributed by atoms with Crippen LogP contribution in [-0.2, 0) is 14.8 Å². The van der Waals surface area contributed by atoms with Gasteiger partial charge in [0.15, 0.2) is 0 Å². The zero-order chi connectivity index (χ0) is 15.3. The van der Waals surface area contributed by atoms with Crippen LogP contribution < -0.4 is 15.8 Å². The molecule has 7 heteroatoms. The van der Waals surface area contributed by atoms with Gasteiger partial charge in [-0.1, -0.05) is 6.92 Å². The Morgan fingerprint density at radius 1 is 1.43 bits per heavy atom. The fraction of sp³-hybridized carbons (Fsp3) is 0.571. The monoisotopic (exact) mass is 313 g/mol. The Hall–Kier alpha value is -1.31. The average Bonchev–Trinajstić information content (AvgIpc) is 2.94. The van der Waals surface area contributed by atoms with Crippen molar-refractivity contribution < 1.29 is 13.2 Å². The van der Waals surface area contributed by atoms with Gasteiger partial charge in [-0.05, 0) is 37.0 Å². The molecule has 2 rings (SSSR count). The molecule has 1 aromatic rings. The molecule has 4 N–H and O–H groups in total. The lowest BCUT2D eigenvalue weighted by Gasteiger charge is -2.13. The SMILES string of the molecule is CCNS(=O)(=O)c1ccc(N)c(NCCC2CCOC2)c1. The first kappa shape index (κ1) is 16.1. The summed E-state index contributed by atoms with van der Waals surface area (Å²) >= 11 is 0. The zero-order valence-corrected chi connectivity index (χ0v) is 13.1. The minimum Gasteiger partial charge on any atom is -0.397 e. The van der Waals surface area contributed by atoms with Gasteiger partial charge in [-0.25, -0.2) is 13.1 Å². The highest BCUT2D eigenvalue weighted by Crippen LogP contribution is 2.23. The van der Waals surface area contributed by atoms with Crippen molar-refractivity contribution in [2.45, 2.75) is 24.7 Å². The van der Waals surface area contributed by atoms with Crippen LogP contribution >= 0.6 is 0 Å². The highest BCUT2D eigenvalue weighted by Gasteiger charge is 2.16. The summed E-state index contributed by atoms with van der Waals surface area (Å²) in [5.41, 5.74) is 7.11. The predicted octanol–water partition coefficient (Wildman–Crippen LogP) is 1.41. The van der Waals surface area contributed by atoms with E-state index in [9.17, 15) is 8.42 Å². The topological polar surface area (TPSA) is 93.5 Å². The molecular weight excluding hydrogens is 290 g/mol. The molecule has 0 aromatic heterocycles. The lowest BCUT2D eigenvalue weighted by Crippen LogP contribution is -2.23. The number of nitrogens with one attached hydrogen (secondary N) is 2. The van der Waals surface area contributed by atoms with E-state index in [-0.39, 0.29) is 4.90 Å². The van der Waals surface area contributed by atoms with Gasteiger partial charge in [0, 0.05) is 26.3 Å². The van der Waals surface area contributed by atoms with E-state index in [1.807, 2.05) is 0 Å². The molecule has 6 nitrogen and oxygen atoms in total. The van der Waals surface area contributed by atoms with Gasteiger partial charge in [0.05, 0.1) is 16.3 Å². The number of rotatable bonds is 7. The Morgan fingerprint density at radius 3 is 2.90 bits per heavy atom. The van der Waals surface area contributed by atoms with Crippen LogP contribution in [-0.4, -0.2) is 34.7 Å². The summed E-state index contributed by atoms with van der Waals surface area (Å²) in [6, 6.07) is 4.72. The van der Waals surface area contributed by atoms with Gasteiger partial charge in [0.2, 0.25) is 10.0 Å². The molecule has 1 aliphatic heterocycles. The Kier molecular flexibility index (Phi) is 5.44. The third-order valence-electron chi connectivity index (χ3n) is 3.56. The molecule has 0 spiro atoms. The molecule has 118 valence electrons. The van der Waals surface area contributed by atoms with Gasteiger partial charge >= 0.3 is 0 Å².